The highest BCUT2D eigenvalue weighted by Gasteiger charge is 2.22. The van der Waals surface area contributed by atoms with Gasteiger partial charge in [0.2, 0.25) is 0 Å². The Labute approximate surface area is 120 Å². The minimum absolute atomic E-state index is 0.332. The fourth-order valence-corrected chi connectivity index (χ4v) is 2.70. The summed E-state index contributed by atoms with van der Waals surface area (Å²) in [6, 6.07) is 18.9. The molecule has 2 unspecified atom stereocenters. The summed E-state index contributed by atoms with van der Waals surface area (Å²) in [6.45, 7) is 4.35. The molecule has 2 aromatic rings. The minimum atomic E-state index is 0.332. The molecule has 0 bridgehead atoms. The van der Waals surface area contributed by atoms with Crippen LogP contribution >= 0.6 is 0 Å². The van der Waals surface area contributed by atoms with Gasteiger partial charge in [-0.15, -0.1) is 0 Å². The van der Waals surface area contributed by atoms with Crippen molar-refractivity contribution in [2.75, 3.05) is 13.1 Å². The molecule has 2 heteroatoms. The molecule has 1 heterocycles. The Bertz CT molecular complexity index is 535. The van der Waals surface area contributed by atoms with Gasteiger partial charge in [0.25, 0.3) is 0 Å². The van der Waals surface area contributed by atoms with Crippen molar-refractivity contribution in [1.82, 2.24) is 5.32 Å². The Morgan fingerprint density at radius 2 is 1.65 bits per heavy atom. The Balaban J connectivity index is 1.70. The van der Waals surface area contributed by atoms with E-state index >= 15 is 0 Å². The smallest absolute Gasteiger partial charge is 0.119 e. The van der Waals surface area contributed by atoms with Gasteiger partial charge >= 0.3 is 0 Å². The zero-order valence-corrected chi connectivity index (χ0v) is 11.9. The van der Waals surface area contributed by atoms with Crippen LogP contribution in [0, 0.1) is 5.92 Å². The summed E-state index contributed by atoms with van der Waals surface area (Å²) in [6.07, 6.45) is 1.42. The molecule has 3 rings (SSSR count). The molecule has 20 heavy (non-hydrogen) atoms. The van der Waals surface area contributed by atoms with Crippen molar-refractivity contribution in [3.05, 3.63) is 54.6 Å². The van der Waals surface area contributed by atoms with Gasteiger partial charge in [0.15, 0.2) is 0 Å². The van der Waals surface area contributed by atoms with Crippen molar-refractivity contribution in [3.63, 3.8) is 0 Å². The molecule has 1 fully saturated rings. The van der Waals surface area contributed by atoms with Crippen molar-refractivity contribution in [1.29, 1.82) is 0 Å². The van der Waals surface area contributed by atoms with Crippen LogP contribution in [0.15, 0.2) is 54.6 Å². The van der Waals surface area contributed by atoms with Gasteiger partial charge in [0, 0.05) is 12.5 Å². The molecular formula is C18H21NO. The van der Waals surface area contributed by atoms with Crippen molar-refractivity contribution in [2.45, 2.75) is 19.4 Å². The van der Waals surface area contributed by atoms with Crippen LogP contribution in [0.5, 0.6) is 5.75 Å². The maximum Gasteiger partial charge on any atom is 0.119 e. The third-order valence-corrected chi connectivity index (χ3v) is 3.96. The van der Waals surface area contributed by atoms with E-state index in [9.17, 15) is 0 Å². The summed E-state index contributed by atoms with van der Waals surface area (Å²) in [5.41, 5.74) is 2.48. The van der Waals surface area contributed by atoms with E-state index in [2.05, 4.69) is 60.8 Å². The number of hydrogen-bond donors (Lipinski definition) is 1. The highest BCUT2D eigenvalue weighted by Crippen LogP contribution is 2.24. The third-order valence-electron chi connectivity index (χ3n) is 3.96. The van der Waals surface area contributed by atoms with E-state index in [0.29, 0.717) is 12.0 Å². The van der Waals surface area contributed by atoms with Gasteiger partial charge in [-0.25, -0.2) is 0 Å². The molecule has 0 aliphatic carbocycles. The molecule has 2 atom stereocenters. The second-order valence-electron chi connectivity index (χ2n) is 5.52. The first kappa shape index (κ1) is 13.2. The second kappa shape index (κ2) is 6.10. The minimum Gasteiger partial charge on any atom is -0.490 e. The van der Waals surface area contributed by atoms with Crippen molar-refractivity contribution in [2.24, 2.45) is 5.92 Å². The topological polar surface area (TPSA) is 21.3 Å². The van der Waals surface area contributed by atoms with Crippen LogP contribution in [-0.4, -0.2) is 19.2 Å². The van der Waals surface area contributed by atoms with Gasteiger partial charge in [0.05, 0.1) is 0 Å². The average Bonchev–Trinajstić information content (AvgIpc) is 2.51. The van der Waals surface area contributed by atoms with Gasteiger partial charge in [0.1, 0.15) is 11.9 Å². The Morgan fingerprint density at radius 1 is 0.950 bits per heavy atom. The fraction of sp³-hybridized carbons (Fsp3) is 0.333. The predicted octanol–water partition coefficient (Wildman–Crippen LogP) is 3.73. The molecule has 1 N–H and O–H groups in total. The fourth-order valence-electron chi connectivity index (χ4n) is 2.70. The van der Waals surface area contributed by atoms with Gasteiger partial charge in [-0.3, -0.25) is 0 Å². The Kier molecular flexibility index (Phi) is 4.03. The van der Waals surface area contributed by atoms with E-state index in [1.807, 2.05) is 6.07 Å². The van der Waals surface area contributed by atoms with E-state index in [-0.39, 0.29) is 0 Å². The van der Waals surface area contributed by atoms with E-state index < -0.39 is 0 Å². The monoisotopic (exact) mass is 267 g/mol. The maximum atomic E-state index is 6.12. The van der Waals surface area contributed by atoms with Crippen molar-refractivity contribution in [3.8, 4) is 16.9 Å². The zero-order chi connectivity index (χ0) is 13.8. The maximum absolute atomic E-state index is 6.12. The lowest BCUT2D eigenvalue weighted by Gasteiger charge is -2.30. The summed E-state index contributed by atoms with van der Waals surface area (Å²) < 4.78 is 6.12. The number of hydrogen-bond acceptors (Lipinski definition) is 2. The lowest BCUT2D eigenvalue weighted by atomic mass is 9.98. The standard InChI is InChI=1S/C18H21NO/c1-14-13-19-12-11-18(14)20-17-9-7-16(8-10-17)15-5-3-2-4-6-15/h2-10,14,18-19H,11-13H2,1H3. The highest BCUT2D eigenvalue weighted by atomic mass is 16.5. The lowest BCUT2D eigenvalue weighted by Crippen LogP contribution is -2.41. The van der Waals surface area contributed by atoms with Crippen LogP contribution < -0.4 is 10.1 Å². The number of ether oxygens (including phenoxy) is 1. The van der Waals surface area contributed by atoms with Gasteiger partial charge in [-0.1, -0.05) is 49.4 Å². The molecule has 0 amide bonds. The second-order valence-corrected chi connectivity index (χ2v) is 5.52. The van der Waals surface area contributed by atoms with E-state index in [1.54, 1.807) is 0 Å². The first-order valence-electron chi connectivity index (χ1n) is 7.36. The third kappa shape index (κ3) is 3.02. The molecule has 0 saturated carbocycles. The molecule has 1 aliphatic heterocycles. The molecule has 2 nitrogen and oxygen atoms in total. The first-order valence-corrected chi connectivity index (χ1v) is 7.36. The Morgan fingerprint density at radius 3 is 2.35 bits per heavy atom. The normalized spacial score (nSPS) is 22.4. The summed E-state index contributed by atoms with van der Waals surface area (Å²) in [5.74, 6) is 1.54. The van der Waals surface area contributed by atoms with Crippen LogP contribution in [0.25, 0.3) is 11.1 Å². The Hall–Kier alpha value is -1.80. The van der Waals surface area contributed by atoms with Crippen LogP contribution in [0.3, 0.4) is 0 Å². The van der Waals surface area contributed by atoms with Crippen LogP contribution in [0.4, 0.5) is 0 Å². The molecular weight excluding hydrogens is 246 g/mol. The summed E-state index contributed by atoms with van der Waals surface area (Å²) in [4.78, 5) is 0. The van der Waals surface area contributed by atoms with E-state index in [0.717, 1.165) is 25.3 Å². The molecule has 2 aromatic carbocycles. The highest BCUT2D eigenvalue weighted by molar-refractivity contribution is 5.63. The average molecular weight is 267 g/mol. The largest absolute Gasteiger partial charge is 0.490 e. The van der Waals surface area contributed by atoms with E-state index in [4.69, 9.17) is 4.74 Å². The number of nitrogens with one attached hydrogen (secondary N) is 1. The molecule has 0 radical (unpaired) electrons. The van der Waals surface area contributed by atoms with Crippen molar-refractivity contribution < 1.29 is 4.74 Å². The van der Waals surface area contributed by atoms with Gasteiger partial charge in [-0.05, 0) is 36.2 Å². The van der Waals surface area contributed by atoms with E-state index in [1.165, 1.54) is 11.1 Å². The van der Waals surface area contributed by atoms with Crippen LogP contribution in [0.2, 0.25) is 0 Å². The zero-order valence-electron chi connectivity index (χ0n) is 11.9. The molecule has 104 valence electrons. The molecule has 1 aliphatic rings. The van der Waals surface area contributed by atoms with Crippen LogP contribution in [-0.2, 0) is 0 Å². The quantitative estimate of drug-likeness (QED) is 0.915. The summed E-state index contributed by atoms with van der Waals surface area (Å²) in [5, 5.41) is 3.40. The SMILES string of the molecule is CC1CNCCC1Oc1ccc(-c2ccccc2)cc1. The lowest BCUT2D eigenvalue weighted by molar-refractivity contribution is 0.112. The number of piperidine rings is 1. The van der Waals surface area contributed by atoms with Gasteiger partial charge in [-0.2, -0.15) is 0 Å². The summed E-state index contributed by atoms with van der Waals surface area (Å²) >= 11 is 0. The first-order chi connectivity index (χ1) is 9.83. The molecule has 1 saturated heterocycles. The number of rotatable bonds is 3. The number of benzene rings is 2. The van der Waals surface area contributed by atoms with Crippen molar-refractivity contribution >= 4 is 0 Å². The molecule has 0 aromatic heterocycles. The predicted molar refractivity (Wildman–Crippen MR) is 82.9 cm³/mol. The summed E-state index contributed by atoms with van der Waals surface area (Å²) in [7, 11) is 0. The van der Waals surface area contributed by atoms with Crippen LogP contribution in [0.1, 0.15) is 13.3 Å². The molecule has 0 spiro atoms. The van der Waals surface area contributed by atoms with Gasteiger partial charge < -0.3 is 10.1 Å².